The van der Waals surface area contributed by atoms with Crippen LogP contribution in [0.3, 0.4) is 0 Å². The number of halogens is 4. The normalized spacial score (nSPS) is 20.7. The summed E-state index contributed by atoms with van der Waals surface area (Å²) in [5.41, 5.74) is -1.13. The highest BCUT2D eigenvalue weighted by atomic mass is 19.4. The molecule has 0 aromatic heterocycles. The van der Waals surface area contributed by atoms with Gasteiger partial charge < -0.3 is 10.6 Å². The number of alkyl halides is 3. The van der Waals surface area contributed by atoms with Gasteiger partial charge in [0.25, 0.3) is 0 Å². The summed E-state index contributed by atoms with van der Waals surface area (Å²) in [5, 5.41) is 5.25. The second-order valence-electron chi connectivity index (χ2n) is 3.95. The Balaban J connectivity index is 2.38. The minimum absolute atomic E-state index is 0.0282. The summed E-state index contributed by atoms with van der Waals surface area (Å²) in [6.07, 6.45) is -4.64. The zero-order valence-electron chi connectivity index (χ0n) is 9.14. The first kappa shape index (κ1) is 12.8. The first-order chi connectivity index (χ1) is 8.38. The monoisotopic (exact) mass is 262 g/mol. The van der Waals surface area contributed by atoms with E-state index in [-0.39, 0.29) is 5.56 Å². The van der Waals surface area contributed by atoms with Crippen LogP contribution in [-0.2, 0) is 11.0 Å². The van der Waals surface area contributed by atoms with Crippen molar-refractivity contribution in [3.63, 3.8) is 0 Å². The van der Waals surface area contributed by atoms with Gasteiger partial charge in [0.2, 0.25) is 5.91 Å². The average Bonchev–Trinajstić information content (AvgIpc) is 2.27. The SMILES string of the molecule is O=C1NCCNC1c1cc(F)cc(C(F)(F)F)c1. The molecule has 1 aliphatic rings. The molecule has 18 heavy (non-hydrogen) atoms. The van der Waals surface area contributed by atoms with Crippen molar-refractivity contribution < 1.29 is 22.4 Å². The van der Waals surface area contributed by atoms with E-state index >= 15 is 0 Å². The Labute approximate surface area is 100 Å². The Hall–Kier alpha value is -1.63. The third kappa shape index (κ3) is 2.61. The lowest BCUT2D eigenvalue weighted by Gasteiger charge is -2.24. The molecular weight excluding hydrogens is 252 g/mol. The molecular formula is C11H10F4N2O. The summed E-state index contributed by atoms with van der Waals surface area (Å²) in [7, 11) is 0. The molecule has 1 fully saturated rings. The molecule has 0 saturated carbocycles. The van der Waals surface area contributed by atoms with Crippen LogP contribution in [-0.4, -0.2) is 19.0 Å². The lowest BCUT2D eigenvalue weighted by Crippen LogP contribution is -2.47. The van der Waals surface area contributed by atoms with E-state index in [1.165, 1.54) is 0 Å². The minimum Gasteiger partial charge on any atom is -0.353 e. The van der Waals surface area contributed by atoms with Crippen LogP contribution in [0.4, 0.5) is 17.6 Å². The van der Waals surface area contributed by atoms with Crippen LogP contribution in [0, 0.1) is 5.82 Å². The molecule has 1 aliphatic heterocycles. The van der Waals surface area contributed by atoms with Crippen molar-refractivity contribution >= 4 is 5.91 Å². The van der Waals surface area contributed by atoms with Crippen LogP contribution in [0.2, 0.25) is 0 Å². The van der Waals surface area contributed by atoms with Crippen molar-refractivity contribution in [3.8, 4) is 0 Å². The predicted octanol–water partition coefficient (Wildman–Crippen LogP) is 1.60. The van der Waals surface area contributed by atoms with E-state index in [0.717, 1.165) is 12.1 Å². The molecule has 98 valence electrons. The van der Waals surface area contributed by atoms with Crippen molar-refractivity contribution in [2.45, 2.75) is 12.2 Å². The topological polar surface area (TPSA) is 41.1 Å². The summed E-state index contributed by atoms with van der Waals surface area (Å²) in [4.78, 5) is 11.5. The Morgan fingerprint density at radius 2 is 1.89 bits per heavy atom. The number of nitrogens with one attached hydrogen (secondary N) is 2. The van der Waals surface area contributed by atoms with E-state index in [1.807, 2.05) is 0 Å². The van der Waals surface area contributed by atoms with Crippen molar-refractivity contribution in [3.05, 3.63) is 35.1 Å². The van der Waals surface area contributed by atoms with Gasteiger partial charge in [-0.2, -0.15) is 13.2 Å². The second kappa shape index (κ2) is 4.56. The summed E-state index contributed by atoms with van der Waals surface area (Å²) in [6, 6.07) is 1.17. The number of amides is 1. The van der Waals surface area contributed by atoms with Gasteiger partial charge >= 0.3 is 6.18 Å². The van der Waals surface area contributed by atoms with Gasteiger partial charge in [-0.1, -0.05) is 0 Å². The number of rotatable bonds is 1. The number of carbonyl (C=O) groups is 1. The van der Waals surface area contributed by atoms with Crippen molar-refractivity contribution in [1.29, 1.82) is 0 Å². The molecule has 2 N–H and O–H groups in total. The molecule has 0 radical (unpaired) electrons. The number of hydrogen-bond acceptors (Lipinski definition) is 2. The smallest absolute Gasteiger partial charge is 0.353 e. The van der Waals surface area contributed by atoms with Crippen molar-refractivity contribution in [2.75, 3.05) is 13.1 Å². The Kier molecular flexibility index (Phi) is 3.25. The van der Waals surface area contributed by atoms with Gasteiger partial charge in [-0.05, 0) is 23.8 Å². The highest BCUT2D eigenvalue weighted by Crippen LogP contribution is 2.31. The molecule has 1 heterocycles. The van der Waals surface area contributed by atoms with Gasteiger partial charge in [0.15, 0.2) is 0 Å². The maximum atomic E-state index is 13.2. The van der Waals surface area contributed by atoms with Crippen molar-refractivity contribution in [2.24, 2.45) is 0 Å². The first-order valence-corrected chi connectivity index (χ1v) is 5.27. The third-order valence-electron chi connectivity index (χ3n) is 2.62. The molecule has 1 saturated heterocycles. The molecule has 0 aliphatic carbocycles. The maximum absolute atomic E-state index is 13.2. The molecule has 1 amide bonds. The van der Waals surface area contributed by atoms with E-state index in [0.29, 0.717) is 19.2 Å². The number of hydrogen-bond donors (Lipinski definition) is 2. The number of carbonyl (C=O) groups excluding carboxylic acids is 1. The lowest BCUT2D eigenvalue weighted by molar-refractivity contribution is -0.138. The van der Waals surface area contributed by atoms with E-state index < -0.39 is 29.5 Å². The first-order valence-electron chi connectivity index (χ1n) is 5.27. The summed E-state index contributed by atoms with van der Waals surface area (Å²) >= 11 is 0. The average molecular weight is 262 g/mol. The van der Waals surface area contributed by atoms with Gasteiger partial charge in [0, 0.05) is 13.1 Å². The third-order valence-corrected chi connectivity index (χ3v) is 2.62. The lowest BCUT2D eigenvalue weighted by atomic mass is 10.0. The van der Waals surface area contributed by atoms with Crippen LogP contribution >= 0.6 is 0 Å². The summed E-state index contributed by atoms with van der Waals surface area (Å²) in [6.45, 7) is 0.824. The zero-order valence-corrected chi connectivity index (χ0v) is 9.14. The van der Waals surface area contributed by atoms with Crippen molar-refractivity contribution in [1.82, 2.24) is 10.6 Å². The molecule has 1 aromatic carbocycles. The van der Waals surface area contributed by atoms with Gasteiger partial charge in [0.1, 0.15) is 11.9 Å². The molecule has 0 bridgehead atoms. The Bertz CT molecular complexity index is 473. The van der Waals surface area contributed by atoms with Gasteiger partial charge in [-0.25, -0.2) is 4.39 Å². The standard InChI is InChI=1S/C11H10F4N2O/c12-8-4-6(3-7(5-8)11(13,14)15)9-10(18)17-2-1-16-9/h3-5,9,16H,1-2H2,(H,17,18). The molecule has 1 unspecified atom stereocenters. The second-order valence-corrected chi connectivity index (χ2v) is 3.95. The molecule has 1 aromatic rings. The largest absolute Gasteiger partial charge is 0.416 e. The highest BCUT2D eigenvalue weighted by Gasteiger charge is 2.33. The van der Waals surface area contributed by atoms with Crippen LogP contribution in [0.25, 0.3) is 0 Å². The quantitative estimate of drug-likeness (QED) is 0.755. The van der Waals surface area contributed by atoms with E-state index in [1.54, 1.807) is 0 Å². The highest BCUT2D eigenvalue weighted by molar-refractivity contribution is 5.83. The van der Waals surface area contributed by atoms with E-state index in [2.05, 4.69) is 10.6 Å². The van der Waals surface area contributed by atoms with E-state index in [4.69, 9.17) is 0 Å². The van der Waals surface area contributed by atoms with Crippen LogP contribution in [0.15, 0.2) is 18.2 Å². The molecule has 2 rings (SSSR count). The van der Waals surface area contributed by atoms with Crippen LogP contribution in [0.1, 0.15) is 17.2 Å². The molecule has 3 nitrogen and oxygen atoms in total. The minimum atomic E-state index is -4.64. The van der Waals surface area contributed by atoms with Crippen LogP contribution < -0.4 is 10.6 Å². The van der Waals surface area contributed by atoms with Crippen LogP contribution in [0.5, 0.6) is 0 Å². The van der Waals surface area contributed by atoms with Gasteiger partial charge in [-0.15, -0.1) is 0 Å². The Morgan fingerprint density at radius 3 is 2.50 bits per heavy atom. The fraction of sp³-hybridized carbons (Fsp3) is 0.364. The summed E-state index contributed by atoms with van der Waals surface area (Å²) in [5.74, 6) is -1.47. The van der Waals surface area contributed by atoms with E-state index in [9.17, 15) is 22.4 Å². The van der Waals surface area contributed by atoms with Gasteiger partial charge in [0.05, 0.1) is 5.56 Å². The Morgan fingerprint density at radius 1 is 1.17 bits per heavy atom. The summed E-state index contributed by atoms with van der Waals surface area (Å²) < 4.78 is 50.8. The molecule has 7 heteroatoms. The fourth-order valence-corrected chi connectivity index (χ4v) is 1.81. The number of benzene rings is 1. The predicted molar refractivity (Wildman–Crippen MR) is 55.2 cm³/mol. The number of piperazine rings is 1. The maximum Gasteiger partial charge on any atom is 0.416 e. The molecule has 0 spiro atoms. The zero-order chi connectivity index (χ0) is 13.3. The molecule has 1 atom stereocenters. The fourth-order valence-electron chi connectivity index (χ4n) is 1.81. The van der Waals surface area contributed by atoms with Gasteiger partial charge in [-0.3, -0.25) is 4.79 Å².